The van der Waals surface area contributed by atoms with Crippen LogP contribution in [-0.2, 0) is 0 Å². The summed E-state index contributed by atoms with van der Waals surface area (Å²) in [4.78, 5) is 30.9. The highest BCUT2D eigenvalue weighted by Gasteiger charge is 2.24. The molecule has 1 unspecified atom stereocenters. The third-order valence-electron chi connectivity index (χ3n) is 5.45. The van der Waals surface area contributed by atoms with E-state index >= 15 is 0 Å². The van der Waals surface area contributed by atoms with E-state index in [4.69, 9.17) is 11.6 Å². The third-order valence-corrected chi connectivity index (χ3v) is 5.77. The summed E-state index contributed by atoms with van der Waals surface area (Å²) in [6, 6.07) is 8.44. The van der Waals surface area contributed by atoms with E-state index < -0.39 is 0 Å². The van der Waals surface area contributed by atoms with Crippen LogP contribution in [-0.4, -0.2) is 34.9 Å². The fourth-order valence-corrected chi connectivity index (χ4v) is 3.95. The number of pyridine rings is 1. The molecule has 1 aromatic heterocycles. The van der Waals surface area contributed by atoms with Crippen molar-refractivity contribution < 1.29 is 9.59 Å². The van der Waals surface area contributed by atoms with Crippen molar-refractivity contribution in [3.05, 3.63) is 58.9 Å². The second-order valence-electron chi connectivity index (χ2n) is 7.50. The number of aromatic nitrogens is 1. The molecular formula is C22H27ClN4O2. The number of carbonyl (C=O) groups excluding carboxylic acids is 2. The van der Waals surface area contributed by atoms with Gasteiger partial charge in [-0.25, -0.2) is 4.79 Å². The Kier molecular flexibility index (Phi) is 7.09. The lowest BCUT2D eigenvalue weighted by molar-refractivity contribution is 0.0696. The zero-order chi connectivity index (χ0) is 20.8. The number of hydrogen-bond acceptors (Lipinski definition) is 3. The molecule has 2 N–H and O–H groups in total. The summed E-state index contributed by atoms with van der Waals surface area (Å²) < 4.78 is 0. The van der Waals surface area contributed by atoms with Gasteiger partial charge in [-0.1, -0.05) is 30.9 Å². The number of urea groups is 1. The topological polar surface area (TPSA) is 74.3 Å². The molecule has 154 valence electrons. The molecule has 1 aromatic carbocycles. The SMILES string of the molecule is CC(NC(=O)Nc1ccc(C(=O)N(C)C2CCCCC2)c(Cl)c1)c1ccncc1. The average Bonchev–Trinajstić information content (AvgIpc) is 2.74. The molecule has 1 aliphatic carbocycles. The predicted octanol–water partition coefficient (Wildman–Crippen LogP) is 5.02. The Morgan fingerprint density at radius 1 is 1.14 bits per heavy atom. The third kappa shape index (κ3) is 5.48. The Morgan fingerprint density at radius 2 is 1.83 bits per heavy atom. The van der Waals surface area contributed by atoms with Gasteiger partial charge in [0.05, 0.1) is 16.6 Å². The van der Waals surface area contributed by atoms with Crippen LogP contribution in [0.15, 0.2) is 42.7 Å². The molecule has 3 amide bonds. The van der Waals surface area contributed by atoms with Crippen LogP contribution in [0, 0.1) is 0 Å². The van der Waals surface area contributed by atoms with E-state index in [0.717, 1.165) is 31.2 Å². The number of hydrogen-bond donors (Lipinski definition) is 2. The first kappa shape index (κ1) is 21.1. The highest BCUT2D eigenvalue weighted by Crippen LogP contribution is 2.26. The number of benzene rings is 1. The number of anilines is 1. The second-order valence-corrected chi connectivity index (χ2v) is 7.91. The van der Waals surface area contributed by atoms with Crippen molar-refractivity contribution in [1.29, 1.82) is 0 Å². The molecule has 2 aromatic rings. The van der Waals surface area contributed by atoms with Gasteiger partial charge in [-0.2, -0.15) is 0 Å². The van der Waals surface area contributed by atoms with E-state index in [1.807, 2.05) is 26.1 Å². The number of nitrogens with zero attached hydrogens (tertiary/aromatic N) is 2. The van der Waals surface area contributed by atoms with Crippen molar-refractivity contribution in [1.82, 2.24) is 15.2 Å². The Labute approximate surface area is 176 Å². The van der Waals surface area contributed by atoms with Crippen molar-refractivity contribution in [3.8, 4) is 0 Å². The Morgan fingerprint density at radius 3 is 2.48 bits per heavy atom. The molecule has 0 aliphatic heterocycles. The lowest BCUT2D eigenvalue weighted by Gasteiger charge is -2.31. The van der Waals surface area contributed by atoms with Crippen LogP contribution >= 0.6 is 11.6 Å². The van der Waals surface area contributed by atoms with Crippen LogP contribution in [0.25, 0.3) is 0 Å². The van der Waals surface area contributed by atoms with E-state index in [1.165, 1.54) is 6.42 Å². The van der Waals surface area contributed by atoms with Gasteiger partial charge in [0.25, 0.3) is 5.91 Å². The molecule has 29 heavy (non-hydrogen) atoms. The van der Waals surface area contributed by atoms with Gasteiger partial charge in [0.15, 0.2) is 0 Å². The maximum Gasteiger partial charge on any atom is 0.319 e. The smallest absolute Gasteiger partial charge is 0.319 e. The lowest BCUT2D eigenvalue weighted by Crippen LogP contribution is -2.38. The summed E-state index contributed by atoms with van der Waals surface area (Å²) in [5, 5.41) is 5.96. The molecule has 0 radical (unpaired) electrons. The molecule has 0 spiro atoms. The van der Waals surface area contributed by atoms with Crippen LogP contribution < -0.4 is 10.6 Å². The number of nitrogens with one attached hydrogen (secondary N) is 2. The van der Waals surface area contributed by atoms with Crippen LogP contribution in [0.1, 0.15) is 61.0 Å². The van der Waals surface area contributed by atoms with Gasteiger partial charge in [0.1, 0.15) is 0 Å². The molecule has 7 heteroatoms. The van der Waals surface area contributed by atoms with E-state index in [1.54, 1.807) is 35.5 Å². The predicted molar refractivity (Wildman–Crippen MR) is 115 cm³/mol. The summed E-state index contributed by atoms with van der Waals surface area (Å²) in [5.41, 5.74) is 1.95. The molecule has 1 aliphatic rings. The first-order chi connectivity index (χ1) is 14.0. The van der Waals surface area contributed by atoms with E-state index in [0.29, 0.717) is 16.3 Å². The molecule has 3 rings (SSSR count). The Hall–Kier alpha value is -2.60. The van der Waals surface area contributed by atoms with Crippen LogP contribution in [0.5, 0.6) is 0 Å². The summed E-state index contributed by atoms with van der Waals surface area (Å²) in [7, 11) is 1.84. The molecule has 0 saturated heterocycles. The standard InChI is InChI=1S/C22H27ClN4O2/c1-15(16-10-12-24-13-11-16)25-22(29)26-17-8-9-19(20(23)14-17)21(28)27(2)18-6-4-3-5-7-18/h8-15,18H,3-7H2,1-2H3,(H2,25,26,29). The monoisotopic (exact) mass is 414 g/mol. The quantitative estimate of drug-likeness (QED) is 0.721. The largest absolute Gasteiger partial charge is 0.339 e. The van der Waals surface area contributed by atoms with Crippen LogP contribution in [0.4, 0.5) is 10.5 Å². The normalized spacial score (nSPS) is 15.4. The van der Waals surface area contributed by atoms with Crippen molar-refractivity contribution in [2.45, 2.75) is 51.1 Å². The van der Waals surface area contributed by atoms with Crippen molar-refractivity contribution >= 4 is 29.2 Å². The minimum atomic E-state index is -0.344. The summed E-state index contributed by atoms with van der Waals surface area (Å²) >= 11 is 6.37. The van der Waals surface area contributed by atoms with Gasteiger partial charge in [-0.05, 0) is 55.7 Å². The second kappa shape index (κ2) is 9.74. The molecule has 0 bridgehead atoms. The maximum atomic E-state index is 12.8. The zero-order valence-corrected chi connectivity index (χ0v) is 17.6. The first-order valence-electron chi connectivity index (χ1n) is 10.00. The van der Waals surface area contributed by atoms with Gasteiger partial charge in [-0.3, -0.25) is 9.78 Å². The zero-order valence-electron chi connectivity index (χ0n) is 16.8. The van der Waals surface area contributed by atoms with Gasteiger partial charge in [0, 0.05) is 31.2 Å². The minimum Gasteiger partial charge on any atom is -0.339 e. The number of carbonyl (C=O) groups is 2. The maximum absolute atomic E-state index is 12.8. The fraction of sp³-hybridized carbons (Fsp3) is 0.409. The Balaban J connectivity index is 1.61. The highest BCUT2D eigenvalue weighted by atomic mass is 35.5. The van der Waals surface area contributed by atoms with Gasteiger partial charge < -0.3 is 15.5 Å². The van der Waals surface area contributed by atoms with Gasteiger partial charge in [0.2, 0.25) is 0 Å². The van der Waals surface area contributed by atoms with Crippen molar-refractivity contribution in [2.24, 2.45) is 0 Å². The average molecular weight is 415 g/mol. The van der Waals surface area contributed by atoms with Crippen LogP contribution in [0.3, 0.4) is 0 Å². The van der Waals surface area contributed by atoms with Gasteiger partial charge in [-0.15, -0.1) is 0 Å². The van der Waals surface area contributed by atoms with E-state index in [2.05, 4.69) is 15.6 Å². The number of rotatable bonds is 5. The van der Waals surface area contributed by atoms with Crippen molar-refractivity contribution in [2.75, 3.05) is 12.4 Å². The number of halogens is 1. The molecule has 1 fully saturated rings. The molecule has 1 atom stereocenters. The molecular weight excluding hydrogens is 388 g/mol. The first-order valence-corrected chi connectivity index (χ1v) is 10.4. The van der Waals surface area contributed by atoms with Gasteiger partial charge >= 0.3 is 6.03 Å². The molecule has 1 heterocycles. The van der Waals surface area contributed by atoms with Crippen molar-refractivity contribution in [3.63, 3.8) is 0 Å². The Bertz CT molecular complexity index is 853. The minimum absolute atomic E-state index is 0.0794. The van der Waals surface area contributed by atoms with Crippen LogP contribution in [0.2, 0.25) is 5.02 Å². The number of amides is 3. The summed E-state index contributed by atoms with van der Waals surface area (Å²) in [6.45, 7) is 1.89. The summed E-state index contributed by atoms with van der Waals surface area (Å²) in [5.74, 6) is -0.0794. The molecule has 6 nitrogen and oxygen atoms in total. The van der Waals surface area contributed by atoms with E-state index in [-0.39, 0.29) is 24.0 Å². The highest BCUT2D eigenvalue weighted by molar-refractivity contribution is 6.34. The van der Waals surface area contributed by atoms with E-state index in [9.17, 15) is 9.59 Å². The fourth-order valence-electron chi connectivity index (χ4n) is 3.69. The molecule has 1 saturated carbocycles. The lowest BCUT2D eigenvalue weighted by atomic mass is 9.94. The summed E-state index contributed by atoms with van der Waals surface area (Å²) in [6.07, 6.45) is 9.00.